The monoisotopic (exact) mass is 476 g/mol. The lowest BCUT2D eigenvalue weighted by Crippen LogP contribution is -2.40. The highest BCUT2D eigenvalue weighted by molar-refractivity contribution is 7.89. The van der Waals surface area contributed by atoms with Gasteiger partial charge in [-0.05, 0) is 67.8 Å². The summed E-state index contributed by atoms with van der Waals surface area (Å²) in [5, 5.41) is 2.83. The Morgan fingerprint density at radius 2 is 1.73 bits per heavy atom. The molecule has 1 amide bonds. The number of carbonyl (C=O) groups is 1. The zero-order chi connectivity index (χ0) is 23.8. The Labute approximate surface area is 195 Å². The second-order valence-corrected chi connectivity index (χ2v) is 9.83. The zero-order valence-corrected chi connectivity index (χ0v) is 20.2. The lowest BCUT2D eigenvalue weighted by Gasteiger charge is -2.26. The molecule has 2 aromatic rings. The highest BCUT2D eigenvalue weighted by Gasteiger charge is 2.26. The molecule has 2 aromatic carbocycles. The standard InChI is InChI=1S/C24H32N2O6S/c1-4-23(32-21-6-5-18(2)19(3)17-21)24(27)25-11-14-31-20-7-9-22(10-8-20)33(28,29)26-12-15-30-16-13-26/h5-10,17,23H,4,11-16H2,1-3H3,(H,25,27). The van der Waals surface area contributed by atoms with E-state index in [1.54, 1.807) is 12.1 Å². The number of aryl methyl sites for hydroxylation is 2. The molecule has 0 aromatic heterocycles. The molecule has 0 bridgehead atoms. The summed E-state index contributed by atoms with van der Waals surface area (Å²) in [5.74, 6) is 0.998. The molecule has 1 heterocycles. The maximum absolute atomic E-state index is 12.7. The number of amides is 1. The fourth-order valence-electron chi connectivity index (χ4n) is 3.37. The maximum Gasteiger partial charge on any atom is 0.261 e. The average molecular weight is 477 g/mol. The second kappa shape index (κ2) is 11.5. The van der Waals surface area contributed by atoms with Gasteiger partial charge in [0.1, 0.15) is 18.1 Å². The fraction of sp³-hybridized carbons (Fsp3) is 0.458. The quantitative estimate of drug-likeness (QED) is 0.530. The predicted molar refractivity (Wildman–Crippen MR) is 125 cm³/mol. The van der Waals surface area contributed by atoms with Crippen molar-refractivity contribution >= 4 is 15.9 Å². The number of nitrogens with one attached hydrogen (secondary N) is 1. The van der Waals surface area contributed by atoms with Crippen molar-refractivity contribution in [1.29, 1.82) is 0 Å². The fourth-order valence-corrected chi connectivity index (χ4v) is 4.78. The minimum Gasteiger partial charge on any atom is -0.492 e. The summed E-state index contributed by atoms with van der Waals surface area (Å²) in [5.41, 5.74) is 2.28. The van der Waals surface area contributed by atoms with Gasteiger partial charge in [0.05, 0.1) is 24.7 Å². The molecule has 0 radical (unpaired) electrons. The molecule has 9 heteroatoms. The molecule has 0 spiro atoms. The van der Waals surface area contributed by atoms with Crippen LogP contribution < -0.4 is 14.8 Å². The van der Waals surface area contributed by atoms with Gasteiger partial charge in [-0.25, -0.2) is 8.42 Å². The van der Waals surface area contributed by atoms with Crippen LogP contribution in [-0.4, -0.2) is 64.2 Å². The van der Waals surface area contributed by atoms with Crippen molar-refractivity contribution in [2.45, 2.75) is 38.2 Å². The van der Waals surface area contributed by atoms with Gasteiger partial charge in [0, 0.05) is 13.1 Å². The first-order valence-electron chi connectivity index (χ1n) is 11.1. The van der Waals surface area contributed by atoms with E-state index in [0.29, 0.717) is 50.8 Å². The molecule has 1 N–H and O–H groups in total. The van der Waals surface area contributed by atoms with Gasteiger partial charge >= 0.3 is 0 Å². The van der Waals surface area contributed by atoms with Crippen LogP contribution in [0.15, 0.2) is 47.4 Å². The molecule has 1 saturated heterocycles. The minimum absolute atomic E-state index is 0.203. The normalized spacial score (nSPS) is 15.6. The molecule has 1 atom stereocenters. The minimum atomic E-state index is -3.53. The molecule has 8 nitrogen and oxygen atoms in total. The Bertz CT molecular complexity index is 1030. The Morgan fingerprint density at radius 3 is 2.36 bits per heavy atom. The summed E-state index contributed by atoms with van der Waals surface area (Å²) in [6.45, 7) is 8.00. The van der Waals surface area contributed by atoms with Gasteiger partial charge < -0.3 is 19.5 Å². The summed E-state index contributed by atoms with van der Waals surface area (Å²) < 4.78 is 43.5. The van der Waals surface area contributed by atoms with Gasteiger partial charge in [0.2, 0.25) is 10.0 Å². The Balaban J connectivity index is 1.45. The number of morpholine rings is 1. The van der Waals surface area contributed by atoms with E-state index in [2.05, 4.69) is 5.32 Å². The number of hydrogen-bond acceptors (Lipinski definition) is 6. The van der Waals surface area contributed by atoms with Crippen LogP contribution in [0.5, 0.6) is 11.5 Å². The van der Waals surface area contributed by atoms with Crippen LogP contribution in [0, 0.1) is 13.8 Å². The highest BCUT2D eigenvalue weighted by Crippen LogP contribution is 2.21. The smallest absolute Gasteiger partial charge is 0.261 e. The van der Waals surface area contributed by atoms with E-state index < -0.39 is 16.1 Å². The van der Waals surface area contributed by atoms with Crippen LogP contribution in [-0.2, 0) is 19.6 Å². The average Bonchev–Trinajstić information content (AvgIpc) is 2.83. The van der Waals surface area contributed by atoms with Gasteiger partial charge in [-0.2, -0.15) is 4.31 Å². The van der Waals surface area contributed by atoms with Crippen molar-refractivity contribution in [2.75, 3.05) is 39.5 Å². The Hall–Kier alpha value is -2.62. The van der Waals surface area contributed by atoms with Gasteiger partial charge in [-0.1, -0.05) is 13.0 Å². The van der Waals surface area contributed by atoms with E-state index in [9.17, 15) is 13.2 Å². The van der Waals surface area contributed by atoms with Crippen LogP contribution in [0.4, 0.5) is 0 Å². The molecule has 1 fully saturated rings. The summed E-state index contributed by atoms with van der Waals surface area (Å²) in [7, 11) is -3.53. The second-order valence-electron chi connectivity index (χ2n) is 7.89. The first-order chi connectivity index (χ1) is 15.8. The predicted octanol–water partition coefficient (Wildman–Crippen LogP) is 2.68. The molecule has 1 aliphatic heterocycles. The van der Waals surface area contributed by atoms with Crippen LogP contribution in [0.25, 0.3) is 0 Å². The number of nitrogens with zero attached hydrogens (tertiary/aromatic N) is 1. The summed E-state index contributed by atoms with van der Waals surface area (Å²) in [6, 6.07) is 12.1. The van der Waals surface area contributed by atoms with Gasteiger partial charge in [0.25, 0.3) is 5.91 Å². The van der Waals surface area contributed by atoms with E-state index in [-0.39, 0.29) is 17.4 Å². The summed E-state index contributed by atoms with van der Waals surface area (Å²) in [4.78, 5) is 12.7. The van der Waals surface area contributed by atoms with Crippen LogP contribution in [0.2, 0.25) is 0 Å². The molecule has 33 heavy (non-hydrogen) atoms. The zero-order valence-electron chi connectivity index (χ0n) is 19.4. The maximum atomic E-state index is 12.7. The molecule has 0 saturated carbocycles. The van der Waals surface area contributed by atoms with Crippen molar-refractivity contribution in [2.24, 2.45) is 0 Å². The van der Waals surface area contributed by atoms with Crippen molar-refractivity contribution in [1.82, 2.24) is 9.62 Å². The Morgan fingerprint density at radius 1 is 1.06 bits per heavy atom. The van der Waals surface area contributed by atoms with Crippen molar-refractivity contribution in [3.05, 3.63) is 53.6 Å². The lowest BCUT2D eigenvalue weighted by molar-refractivity contribution is -0.128. The molecule has 1 unspecified atom stereocenters. The third-order valence-corrected chi connectivity index (χ3v) is 7.43. The van der Waals surface area contributed by atoms with Crippen LogP contribution in [0.1, 0.15) is 24.5 Å². The third kappa shape index (κ3) is 6.69. The molecular weight excluding hydrogens is 444 g/mol. The van der Waals surface area contributed by atoms with Crippen LogP contribution in [0.3, 0.4) is 0 Å². The number of sulfonamides is 1. The van der Waals surface area contributed by atoms with Gasteiger partial charge in [0.15, 0.2) is 6.10 Å². The molecule has 1 aliphatic rings. The van der Waals surface area contributed by atoms with E-state index in [4.69, 9.17) is 14.2 Å². The van der Waals surface area contributed by atoms with E-state index in [1.165, 1.54) is 22.0 Å². The van der Waals surface area contributed by atoms with Gasteiger partial charge in [-0.15, -0.1) is 0 Å². The number of ether oxygens (including phenoxy) is 3. The van der Waals surface area contributed by atoms with Crippen molar-refractivity contribution in [3.8, 4) is 11.5 Å². The first-order valence-corrected chi connectivity index (χ1v) is 12.6. The number of hydrogen-bond donors (Lipinski definition) is 1. The summed E-state index contributed by atoms with van der Waals surface area (Å²) in [6.07, 6.45) is -0.0459. The third-order valence-electron chi connectivity index (χ3n) is 5.52. The SMILES string of the molecule is CCC(Oc1ccc(C)c(C)c1)C(=O)NCCOc1ccc(S(=O)(=O)N2CCOCC2)cc1. The van der Waals surface area contributed by atoms with E-state index in [0.717, 1.165) is 5.56 Å². The largest absolute Gasteiger partial charge is 0.492 e. The van der Waals surface area contributed by atoms with Crippen LogP contribution >= 0.6 is 0 Å². The number of benzene rings is 2. The van der Waals surface area contributed by atoms with Gasteiger partial charge in [-0.3, -0.25) is 4.79 Å². The van der Waals surface area contributed by atoms with Crippen molar-refractivity contribution in [3.63, 3.8) is 0 Å². The highest BCUT2D eigenvalue weighted by atomic mass is 32.2. The summed E-state index contributed by atoms with van der Waals surface area (Å²) >= 11 is 0. The number of rotatable bonds is 10. The first kappa shape index (κ1) is 25.0. The molecule has 0 aliphatic carbocycles. The lowest BCUT2D eigenvalue weighted by atomic mass is 10.1. The number of carbonyl (C=O) groups excluding carboxylic acids is 1. The Kier molecular flexibility index (Phi) is 8.71. The molecular formula is C24H32N2O6S. The van der Waals surface area contributed by atoms with E-state index in [1.807, 2.05) is 39.0 Å². The van der Waals surface area contributed by atoms with Crippen molar-refractivity contribution < 1.29 is 27.4 Å². The van der Waals surface area contributed by atoms with E-state index >= 15 is 0 Å². The topological polar surface area (TPSA) is 94.2 Å². The molecule has 180 valence electrons. The molecule has 3 rings (SSSR count).